The number of nitrogens with two attached hydrogens (primary N) is 1. The Labute approximate surface area is 149 Å². The molecule has 4 rings (SSSR count). The number of aromatic nitrogens is 6. The zero-order valence-electron chi connectivity index (χ0n) is 14.1. The summed E-state index contributed by atoms with van der Waals surface area (Å²) < 4.78 is 24.4. The highest BCUT2D eigenvalue weighted by atomic mass is 32.2. The van der Waals surface area contributed by atoms with E-state index >= 15 is 0 Å². The molecule has 0 unspecified atom stereocenters. The van der Waals surface area contributed by atoms with E-state index in [9.17, 15) is 8.42 Å². The summed E-state index contributed by atoms with van der Waals surface area (Å²) in [6, 6.07) is 6.89. The Kier molecular flexibility index (Phi) is 3.67. The van der Waals surface area contributed by atoms with Crippen molar-refractivity contribution in [2.45, 2.75) is 25.3 Å². The van der Waals surface area contributed by atoms with Gasteiger partial charge < -0.3 is 0 Å². The Morgan fingerprint density at radius 3 is 2.62 bits per heavy atom. The van der Waals surface area contributed by atoms with Crippen molar-refractivity contribution in [1.29, 1.82) is 0 Å². The topological polar surface area (TPSA) is 130 Å². The maximum Gasteiger partial charge on any atom is 0.239 e. The Morgan fingerprint density at radius 1 is 1.12 bits per heavy atom. The second-order valence-corrected chi connectivity index (χ2v) is 7.56. The fourth-order valence-corrected chi connectivity index (χ4v) is 3.24. The van der Waals surface area contributed by atoms with Crippen LogP contribution in [0.4, 0.5) is 0 Å². The predicted octanol–water partition coefficient (Wildman–Crippen LogP) is 1.08. The summed E-state index contributed by atoms with van der Waals surface area (Å²) in [5, 5.41) is 14.4. The molecule has 0 saturated carbocycles. The van der Waals surface area contributed by atoms with Crippen LogP contribution in [0.1, 0.15) is 17.1 Å². The Morgan fingerprint density at radius 2 is 1.92 bits per heavy atom. The van der Waals surface area contributed by atoms with E-state index < -0.39 is 10.0 Å². The first kappa shape index (κ1) is 16.5. The number of aryl methyl sites for hydroxylation is 2. The number of hydrogen-bond acceptors (Lipinski definition) is 7. The van der Waals surface area contributed by atoms with Crippen molar-refractivity contribution in [2.24, 2.45) is 5.14 Å². The van der Waals surface area contributed by atoms with Crippen molar-refractivity contribution in [3.05, 3.63) is 47.5 Å². The van der Waals surface area contributed by atoms with Gasteiger partial charge in [-0.15, -0.1) is 5.10 Å². The molecule has 10 heteroatoms. The van der Waals surface area contributed by atoms with E-state index in [0.717, 1.165) is 22.3 Å². The number of fused-ring (bicyclic) bond motifs is 3. The van der Waals surface area contributed by atoms with E-state index in [1.807, 2.05) is 26.0 Å². The summed E-state index contributed by atoms with van der Waals surface area (Å²) in [7, 11) is -3.77. The maximum atomic E-state index is 11.3. The smallest absolute Gasteiger partial charge is 0.239 e. The second kappa shape index (κ2) is 5.78. The third-order valence-corrected chi connectivity index (χ3v) is 4.96. The van der Waals surface area contributed by atoms with Gasteiger partial charge in [0, 0.05) is 17.3 Å². The molecule has 0 spiro atoms. The molecule has 0 amide bonds. The van der Waals surface area contributed by atoms with E-state index in [1.54, 1.807) is 10.7 Å². The van der Waals surface area contributed by atoms with Gasteiger partial charge in [0.1, 0.15) is 15.9 Å². The average molecular weight is 369 g/mol. The van der Waals surface area contributed by atoms with Gasteiger partial charge in [-0.2, -0.15) is 0 Å². The first-order valence-electron chi connectivity index (χ1n) is 7.78. The molecule has 0 aliphatic carbocycles. The molecule has 0 atom stereocenters. The molecule has 0 fully saturated rings. The number of hydrogen-bond donors (Lipinski definition) is 1. The standard InChI is InChI=1S/C16H15N7O2S/c1-9-3-6-13-15-14(10(2)20-16(13)19-9)21-22-23(15)8-11-4-5-12(7-18-11)26(17,24)25/h3-7H,8H2,1-2H3,(H2,17,24,25). The molecule has 0 radical (unpaired) electrons. The third kappa shape index (κ3) is 2.78. The van der Waals surface area contributed by atoms with Crippen LogP contribution in [-0.4, -0.2) is 38.4 Å². The van der Waals surface area contributed by atoms with Crippen molar-refractivity contribution in [3.8, 4) is 0 Å². The van der Waals surface area contributed by atoms with Gasteiger partial charge in [-0.1, -0.05) is 5.21 Å². The van der Waals surface area contributed by atoms with Crippen LogP contribution < -0.4 is 5.14 Å². The van der Waals surface area contributed by atoms with Gasteiger partial charge in [-0.25, -0.2) is 28.2 Å². The number of primary sulfonamides is 1. The van der Waals surface area contributed by atoms with Crippen LogP contribution in [0.3, 0.4) is 0 Å². The first-order valence-corrected chi connectivity index (χ1v) is 9.32. The lowest BCUT2D eigenvalue weighted by Gasteiger charge is -2.06. The van der Waals surface area contributed by atoms with Gasteiger partial charge in [-0.05, 0) is 38.1 Å². The number of pyridine rings is 3. The van der Waals surface area contributed by atoms with Gasteiger partial charge >= 0.3 is 0 Å². The monoisotopic (exact) mass is 369 g/mol. The second-order valence-electron chi connectivity index (χ2n) is 6.00. The fourth-order valence-electron chi connectivity index (χ4n) is 2.79. The summed E-state index contributed by atoms with van der Waals surface area (Å²) in [6.07, 6.45) is 1.24. The summed E-state index contributed by atoms with van der Waals surface area (Å²) in [5.41, 5.74) is 4.40. The van der Waals surface area contributed by atoms with Crippen LogP contribution in [0.25, 0.3) is 22.1 Å². The lowest BCUT2D eigenvalue weighted by molar-refractivity contribution is 0.597. The van der Waals surface area contributed by atoms with Crippen LogP contribution in [-0.2, 0) is 16.6 Å². The Hall–Kier alpha value is -2.98. The number of rotatable bonds is 3. The van der Waals surface area contributed by atoms with Gasteiger partial charge in [0.25, 0.3) is 0 Å². The molecule has 0 bridgehead atoms. The molecule has 132 valence electrons. The molecule has 4 aromatic heterocycles. The van der Waals surface area contributed by atoms with E-state index in [-0.39, 0.29) is 4.90 Å². The fraction of sp³-hybridized carbons (Fsp3) is 0.188. The molecular weight excluding hydrogens is 354 g/mol. The Balaban J connectivity index is 1.83. The van der Waals surface area contributed by atoms with Crippen LogP contribution in [0, 0.1) is 13.8 Å². The minimum Gasteiger partial charge on any atom is -0.258 e. The third-order valence-electron chi connectivity index (χ3n) is 4.06. The first-order chi connectivity index (χ1) is 12.3. The molecule has 26 heavy (non-hydrogen) atoms. The summed E-state index contributed by atoms with van der Waals surface area (Å²) in [5.74, 6) is 0. The van der Waals surface area contributed by atoms with Gasteiger partial charge in [0.15, 0.2) is 5.65 Å². The van der Waals surface area contributed by atoms with Crippen LogP contribution in [0.2, 0.25) is 0 Å². The quantitative estimate of drug-likeness (QED) is 0.572. The zero-order valence-corrected chi connectivity index (χ0v) is 14.9. The highest BCUT2D eigenvalue weighted by molar-refractivity contribution is 7.89. The van der Waals surface area contributed by atoms with E-state index in [2.05, 4.69) is 25.3 Å². The molecule has 4 heterocycles. The number of nitrogens with zero attached hydrogens (tertiary/aromatic N) is 6. The van der Waals surface area contributed by atoms with Gasteiger partial charge in [0.2, 0.25) is 10.0 Å². The summed E-state index contributed by atoms with van der Waals surface area (Å²) in [4.78, 5) is 13.1. The molecular formula is C16H15N7O2S. The summed E-state index contributed by atoms with van der Waals surface area (Å²) >= 11 is 0. The molecule has 0 aliphatic rings. The largest absolute Gasteiger partial charge is 0.258 e. The van der Waals surface area contributed by atoms with Crippen molar-refractivity contribution >= 4 is 32.1 Å². The minimum atomic E-state index is -3.77. The lowest BCUT2D eigenvalue weighted by atomic mass is 10.2. The number of sulfonamides is 1. The average Bonchev–Trinajstić information content (AvgIpc) is 2.99. The minimum absolute atomic E-state index is 0.0325. The lowest BCUT2D eigenvalue weighted by Crippen LogP contribution is -2.13. The van der Waals surface area contributed by atoms with Gasteiger partial charge in [-0.3, -0.25) is 4.98 Å². The Bertz CT molecular complexity index is 1250. The molecule has 4 aromatic rings. The zero-order chi connectivity index (χ0) is 18.5. The van der Waals surface area contributed by atoms with E-state index in [4.69, 9.17) is 5.14 Å². The van der Waals surface area contributed by atoms with Crippen molar-refractivity contribution in [1.82, 2.24) is 29.9 Å². The van der Waals surface area contributed by atoms with Crippen LogP contribution in [0.5, 0.6) is 0 Å². The SMILES string of the molecule is Cc1ccc2c(n1)nc(C)c1nnn(Cc3ccc(S(N)(=O)=O)cn3)c12. The molecule has 9 nitrogen and oxygen atoms in total. The van der Waals surface area contributed by atoms with Crippen molar-refractivity contribution in [3.63, 3.8) is 0 Å². The normalized spacial score (nSPS) is 12.1. The molecule has 0 aromatic carbocycles. The van der Waals surface area contributed by atoms with Gasteiger partial charge in [0.05, 0.1) is 17.9 Å². The van der Waals surface area contributed by atoms with E-state index in [0.29, 0.717) is 23.4 Å². The van der Waals surface area contributed by atoms with E-state index in [1.165, 1.54) is 12.3 Å². The maximum absolute atomic E-state index is 11.3. The summed E-state index contributed by atoms with van der Waals surface area (Å²) in [6.45, 7) is 4.10. The van der Waals surface area contributed by atoms with Crippen molar-refractivity contribution in [2.75, 3.05) is 0 Å². The highest BCUT2D eigenvalue weighted by Gasteiger charge is 2.15. The molecule has 2 N–H and O–H groups in total. The predicted molar refractivity (Wildman–Crippen MR) is 94.8 cm³/mol. The highest BCUT2D eigenvalue weighted by Crippen LogP contribution is 2.24. The molecule has 0 saturated heterocycles. The molecule has 0 aliphatic heterocycles. The van der Waals surface area contributed by atoms with Crippen LogP contribution >= 0.6 is 0 Å². The van der Waals surface area contributed by atoms with Crippen molar-refractivity contribution < 1.29 is 8.42 Å². The van der Waals surface area contributed by atoms with Crippen LogP contribution in [0.15, 0.2) is 35.4 Å².